The number of hydrogen-bond acceptors (Lipinski definition) is 5. The molecule has 0 bridgehead atoms. The van der Waals surface area contributed by atoms with E-state index in [1.54, 1.807) is 0 Å². The Balaban J connectivity index is 2.15. The molecule has 96 valence electrons. The first-order valence-corrected chi connectivity index (χ1v) is 5.59. The van der Waals surface area contributed by atoms with Crippen LogP contribution >= 0.6 is 0 Å². The van der Waals surface area contributed by atoms with Crippen molar-refractivity contribution in [1.29, 1.82) is 0 Å². The molecule has 0 unspecified atom stereocenters. The number of carboxylic acids is 1. The molecule has 0 amide bonds. The molecular weight excluding hydrogens is 248 g/mol. The SMILES string of the molecule is Cc1ccc2[nH]c(C(=O)O)nc2c1Cc1nnn[nH]1. The molecule has 3 rings (SSSR count). The van der Waals surface area contributed by atoms with Gasteiger partial charge in [-0.2, -0.15) is 0 Å². The second-order valence-corrected chi connectivity index (χ2v) is 4.17. The number of imidazole rings is 1. The molecule has 8 nitrogen and oxygen atoms in total. The van der Waals surface area contributed by atoms with E-state index in [9.17, 15) is 4.79 Å². The first kappa shape index (κ1) is 11.3. The third-order valence-electron chi connectivity index (χ3n) is 2.93. The quantitative estimate of drug-likeness (QED) is 0.635. The van der Waals surface area contributed by atoms with E-state index in [-0.39, 0.29) is 5.82 Å². The summed E-state index contributed by atoms with van der Waals surface area (Å²) in [5, 5.41) is 22.5. The number of aryl methyl sites for hydroxylation is 1. The molecule has 0 saturated heterocycles. The molecule has 0 aliphatic rings. The monoisotopic (exact) mass is 258 g/mol. The lowest BCUT2D eigenvalue weighted by molar-refractivity contribution is 0.0685. The number of aromatic amines is 2. The molecule has 8 heteroatoms. The first-order chi connectivity index (χ1) is 9.15. The highest BCUT2D eigenvalue weighted by molar-refractivity contribution is 5.90. The number of aromatic carboxylic acids is 1. The summed E-state index contributed by atoms with van der Waals surface area (Å²) < 4.78 is 0. The lowest BCUT2D eigenvalue weighted by Crippen LogP contribution is -1.98. The predicted octanol–water partition coefficient (Wildman–Crippen LogP) is 0.673. The second-order valence-electron chi connectivity index (χ2n) is 4.17. The Morgan fingerprint density at radius 3 is 2.95 bits per heavy atom. The van der Waals surface area contributed by atoms with Crippen molar-refractivity contribution in [1.82, 2.24) is 30.6 Å². The number of H-pyrrole nitrogens is 2. The van der Waals surface area contributed by atoms with E-state index in [0.29, 0.717) is 23.3 Å². The van der Waals surface area contributed by atoms with Crippen LogP contribution in [0.3, 0.4) is 0 Å². The van der Waals surface area contributed by atoms with E-state index >= 15 is 0 Å². The van der Waals surface area contributed by atoms with Gasteiger partial charge in [-0.1, -0.05) is 6.07 Å². The number of tetrazole rings is 1. The van der Waals surface area contributed by atoms with E-state index in [1.165, 1.54) is 0 Å². The smallest absolute Gasteiger partial charge is 0.371 e. The molecule has 3 N–H and O–H groups in total. The fourth-order valence-electron chi connectivity index (χ4n) is 1.98. The van der Waals surface area contributed by atoms with Gasteiger partial charge in [-0.3, -0.25) is 0 Å². The summed E-state index contributed by atoms with van der Waals surface area (Å²) in [4.78, 5) is 17.8. The maximum Gasteiger partial charge on any atom is 0.371 e. The third kappa shape index (κ3) is 1.92. The number of benzene rings is 1. The van der Waals surface area contributed by atoms with Gasteiger partial charge in [-0.25, -0.2) is 14.9 Å². The molecule has 1 aromatic carbocycles. The summed E-state index contributed by atoms with van der Waals surface area (Å²) in [5.41, 5.74) is 3.23. The van der Waals surface area contributed by atoms with Gasteiger partial charge < -0.3 is 10.1 Å². The van der Waals surface area contributed by atoms with Crippen molar-refractivity contribution in [2.75, 3.05) is 0 Å². The van der Waals surface area contributed by atoms with Crippen molar-refractivity contribution in [3.8, 4) is 0 Å². The number of rotatable bonds is 3. The number of hydrogen-bond donors (Lipinski definition) is 3. The number of nitrogens with one attached hydrogen (secondary N) is 2. The molecule has 2 heterocycles. The summed E-state index contributed by atoms with van der Waals surface area (Å²) in [7, 11) is 0. The summed E-state index contributed by atoms with van der Waals surface area (Å²) in [6.45, 7) is 1.94. The number of aromatic nitrogens is 6. The number of carboxylic acid groups (broad SMARTS) is 1. The minimum absolute atomic E-state index is 0.0717. The highest BCUT2D eigenvalue weighted by Crippen LogP contribution is 2.22. The van der Waals surface area contributed by atoms with Gasteiger partial charge in [0.15, 0.2) is 5.82 Å². The fourth-order valence-corrected chi connectivity index (χ4v) is 1.98. The Labute approximate surface area is 106 Å². The number of nitrogens with zero attached hydrogens (tertiary/aromatic N) is 4. The van der Waals surface area contributed by atoms with Crippen LogP contribution in [0.1, 0.15) is 27.6 Å². The van der Waals surface area contributed by atoms with Gasteiger partial charge in [0.25, 0.3) is 0 Å². The zero-order valence-corrected chi connectivity index (χ0v) is 10.0. The average molecular weight is 258 g/mol. The Kier molecular flexibility index (Phi) is 2.48. The van der Waals surface area contributed by atoms with Crippen molar-refractivity contribution >= 4 is 17.0 Å². The molecule has 0 fully saturated rings. The summed E-state index contributed by atoms with van der Waals surface area (Å²) in [6, 6.07) is 3.72. The molecule has 0 radical (unpaired) electrons. The van der Waals surface area contributed by atoms with Crippen molar-refractivity contribution in [3.63, 3.8) is 0 Å². The highest BCUT2D eigenvalue weighted by atomic mass is 16.4. The zero-order chi connectivity index (χ0) is 13.4. The largest absolute Gasteiger partial charge is 0.475 e. The fraction of sp³-hybridized carbons (Fsp3) is 0.182. The standard InChI is InChI=1S/C11H10N6O2/c1-5-2-3-7-9(13-10(12-7)11(18)19)6(5)4-8-14-16-17-15-8/h2-3H,4H2,1H3,(H,12,13)(H,18,19)(H,14,15,16,17). The van der Waals surface area contributed by atoms with Crippen molar-refractivity contribution in [3.05, 3.63) is 34.9 Å². The lowest BCUT2D eigenvalue weighted by atomic mass is 10.0. The number of carbonyl (C=O) groups is 1. The molecule has 0 aliphatic heterocycles. The van der Waals surface area contributed by atoms with Crippen LogP contribution in [0.5, 0.6) is 0 Å². The summed E-state index contributed by atoms with van der Waals surface area (Å²) >= 11 is 0. The highest BCUT2D eigenvalue weighted by Gasteiger charge is 2.15. The Hall–Kier alpha value is -2.77. The third-order valence-corrected chi connectivity index (χ3v) is 2.93. The molecule has 3 aromatic rings. The molecule has 0 aliphatic carbocycles. The normalized spacial score (nSPS) is 11.0. The summed E-state index contributed by atoms with van der Waals surface area (Å²) in [5.74, 6) is -0.547. The van der Waals surface area contributed by atoms with Crippen LogP contribution in [0, 0.1) is 6.92 Å². The minimum Gasteiger partial charge on any atom is -0.475 e. The molecule has 0 saturated carbocycles. The lowest BCUT2D eigenvalue weighted by Gasteiger charge is -2.03. The van der Waals surface area contributed by atoms with Crippen LogP contribution in [0.2, 0.25) is 0 Å². The average Bonchev–Trinajstić information content (AvgIpc) is 3.01. The maximum atomic E-state index is 11.0. The van der Waals surface area contributed by atoms with E-state index in [2.05, 4.69) is 30.6 Å². The van der Waals surface area contributed by atoms with Gasteiger partial charge in [0.05, 0.1) is 11.0 Å². The van der Waals surface area contributed by atoms with E-state index in [4.69, 9.17) is 5.11 Å². The van der Waals surface area contributed by atoms with E-state index in [1.807, 2.05) is 19.1 Å². The van der Waals surface area contributed by atoms with Crippen LogP contribution < -0.4 is 0 Å². The van der Waals surface area contributed by atoms with Crippen molar-refractivity contribution in [2.45, 2.75) is 13.3 Å². The Bertz CT molecular complexity index is 746. The molecule has 0 atom stereocenters. The van der Waals surface area contributed by atoms with Gasteiger partial charge in [0, 0.05) is 6.42 Å². The van der Waals surface area contributed by atoms with Gasteiger partial charge in [0.2, 0.25) is 5.82 Å². The van der Waals surface area contributed by atoms with Crippen molar-refractivity contribution in [2.24, 2.45) is 0 Å². The van der Waals surface area contributed by atoms with Crippen LogP contribution in [0.4, 0.5) is 0 Å². The first-order valence-electron chi connectivity index (χ1n) is 5.59. The van der Waals surface area contributed by atoms with Crippen LogP contribution in [-0.2, 0) is 6.42 Å². The van der Waals surface area contributed by atoms with Gasteiger partial charge in [-0.15, -0.1) is 5.10 Å². The minimum atomic E-state index is -1.08. The van der Waals surface area contributed by atoms with Gasteiger partial charge >= 0.3 is 5.97 Å². The molecule has 2 aromatic heterocycles. The Morgan fingerprint density at radius 1 is 1.42 bits per heavy atom. The second kappa shape index (κ2) is 4.16. The van der Waals surface area contributed by atoms with E-state index < -0.39 is 5.97 Å². The summed E-state index contributed by atoms with van der Waals surface area (Å²) in [6.07, 6.45) is 0.472. The predicted molar refractivity (Wildman–Crippen MR) is 64.8 cm³/mol. The topological polar surface area (TPSA) is 120 Å². The van der Waals surface area contributed by atoms with Crippen LogP contribution in [0.25, 0.3) is 11.0 Å². The maximum absolute atomic E-state index is 11.0. The van der Waals surface area contributed by atoms with Gasteiger partial charge in [-0.05, 0) is 34.5 Å². The van der Waals surface area contributed by atoms with Crippen LogP contribution in [-0.4, -0.2) is 41.7 Å². The van der Waals surface area contributed by atoms with Gasteiger partial charge in [0.1, 0.15) is 0 Å². The molecule has 0 spiro atoms. The van der Waals surface area contributed by atoms with Crippen molar-refractivity contribution < 1.29 is 9.90 Å². The van der Waals surface area contributed by atoms with E-state index in [0.717, 1.165) is 11.1 Å². The molecular formula is C11H10N6O2. The number of fused-ring (bicyclic) bond motifs is 1. The van der Waals surface area contributed by atoms with Crippen LogP contribution in [0.15, 0.2) is 12.1 Å². The Morgan fingerprint density at radius 2 is 2.26 bits per heavy atom. The zero-order valence-electron chi connectivity index (χ0n) is 10.0. The molecule has 19 heavy (non-hydrogen) atoms.